The van der Waals surface area contributed by atoms with Crippen molar-refractivity contribution >= 4 is 85.8 Å². The van der Waals surface area contributed by atoms with E-state index in [9.17, 15) is 0 Å². The quantitative estimate of drug-likeness (QED) is 0.157. The molecule has 3 aromatic heterocycles. The molecule has 192 valence electrons. The number of aromatic nitrogens is 2. The third-order valence-electron chi connectivity index (χ3n) is 7.75. The molecule has 0 bridgehead atoms. The number of rotatable bonds is 5. The maximum Gasteiger partial charge on any atom is 0.133 e. The van der Waals surface area contributed by atoms with Crippen LogP contribution in [-0.4, -0.2) is 15.7 Å². The first-order chi connectivity index (χ1) is 19.6. The lowest BCUT2D eigenvalue weighted by molar-refractivity contribution is 1.06. The van der Waals surface area contributed by atoms with E-state index in [1.165, 1.54) is 27.2 Å². The van der Waals surface area contributed by atoms with Gasteiger partial charge in [0, 0.05) is 31.8 Å². The van der Waals surface area contributed by atoms with Crippen LogP contribution >= 0.6 is 11.6 Å². The molecule has 3 heterocycles. The molecule has 0 aliphatic rings. The zero-order valence-corrected chi connectivity index (χ0v) is 22.7. The molecule has 0 radical (unpaired) electrons. The van der Waals surface area contributed by atoms with Crippen LogP contribution in [0.2, 0.25) is 5.02 Å². The average molecular weight is 536 g/mol. The van der Waals surface area contributed by atoms with E-state index in [4.69, 9.17) is 11.6 Å². The lowest BCUT2D eigenvalue weighted by atomic mass is 10.1. The van der Waals surface area contributed by atoms with Crippen molar-refractivity contribution < 1.29 is 0 Å². The molecule has 4 aromatic carbocycles. The molecule has 0 atom stereocenters. The summed E-state index contributed by atoms with van der Waals surface area (Å²) in [6, 6.07) is 31.9. The fourth-order valence-electron chi connectivity index (χ4n) is 6.00. The van der Waals surface area contributed by atoms with Gasteiger partial charge in [-0.3, -0.25) is 4.57 Å². The number of hydrogen-bond acceptors (Lipinski definition) is 1. The molecule has 0 unspecified atom stereocenters. The van der Waals surface area contributed by atoms with E-state index >= 15 is 0 Å². The molecule has 3 nitrogen and oxygen atoms in total. The Bertz CT molecular complexity index is 2310. The smallest absolute Gasteiger partial charge is 0.133 e. The van der Waals surface area contributed by atoms with Gasteiger partial charge in [0.05, 0.1) is 27.4 Å². The van der Waals surface area contributed by atoms with Crippen LogP contribution in [0.4, 0.5) is 0 Å². The Hall–Kier alpha value is -4.86. The first-order valence-corrected chi connectivity index (χ1v) is 13.6. The number of aliphatic imine (C=N–C) groups is 1. The second-order valence-corrected chi connectivity index (χ2v) is 10.4. The first kappa shape index (κ1) is 24.2. The summed E-state index contributed by atoms with van der Waals surface area (Å²) in [5.41, 5.74) is 5.62. The zero-order chi connectivity index (χ0) is 27.4. The van der Waals surface area contributed by atoms with E-state index < -0.39 is 0 Å². The zero-order valence-electron chi connectivity index (χ0n) is 21.9. The average Bonchev–Trinajstić information content (AvgIpc) is 3.48. The van der Waals surface area contributed by atoms with E-state index in [1.807, 2.05) is 24.3 Å². The summed E-state index contributed by atoms with van der Waals surface area (Å²) in [5.74, 6) is 0.739. The van der Waals surface area contributed by atoms with Gasteiger partial charge < -0.3 is 4.40 Å². The maximum atomic E-state index is 6.24. The molecule has 0 aliphatic heterocycles. The molecular weight excluding hydrogens is 510 g/mol. The van der Waals surface area contributed by atoms with E-state index in [1.54, 1.807) is 6.08 Å². The van der Waals surface area contributed by atoms with Gasteiger partial charge >= 0.3 is 0 Å². The Morgan fingerprint density at radius 1 is 0.775 bits per heavy atom. The number of fused-ring (bicyclic) bond motifs is 9. The van der Waals surface area contributed by atoms with Crippen LogP contribution in [0.25, 0.3) is 67.5 Å². The molecule has 0 spiro atoms. The van der Waals surface area contributed by atoms with E-state index in [0.29, 0.717) is 11.4 Å². The first-order valence-electron chi connectivity index (χ1n) is 13.2. The standard InChI is InChI=1S/C36H26ClN3/c1-4-10-31-23(2)30-20-25-21-34-29-15-6-5-13-27(29)28-14-7-8-16-32(28)39(34)33(25)22-35(30)40(31)36(38-3)18-17-24-11-9-12-26(37)19-24/h4-16,18-22H,1-3,17H2/b31-10+,36-18+. The summed E-state index contributed by atoms with van der Waals surface area (Å²) in [5, 5.41) is 8.53. The van der Waals surface area contributed by atoms with Crippen molar-refractivity contribution in [2.75, 3.05) is 0 Å². The Balaban J connectivity index is 1.58. The van der Waals surface area contributed by atoms with Gasteiger partial charge in [0.15, 0.2) is 0 Å². The van der Waals surface area contributed by atoms with Crippen LogP contribution in [0.15, 0.2) is 115 Å². The molecular formula is C36H26ClN3. The third-order valence-corrected chi connectivity index (χ3v) is 7.98. The van der Waals surface area contributed by atoms with Crippen molar-refractivity contribution in [1.82, 2.24) is 8.97 Å². The predicted octanol–water partition coefficient (Wildman–Crippen LogP) is 8.13. The van der Waals surface area contributed by atoms with E-state index in [0.717, 1.165) is 43.8 Å². The minimum absolute atomic E-state index is 0.668. The highest BCUT2D eigenvalue weighted by Crippen LogP contribution is 2.35. The summed E-state index contributed by atoms with van der Waals surface area (Å²) >= 11 is 6.24. The monoisotopic (exact) mass is 535 g/mol. The number of benzene rings is 4. The third kappa shape index (κ3) is 3.63. The number of hydrogen-bond donors (Lipinski definition) is 0. The number of nitrogens with zero attached hydrogens (tertiary/aromatic N) is 3. The lowest BCUT2D eigenvalue weighted by Crippen LogP contribution is -2.27. The number of para-hydroxylation sites is 1. The van der Waals surface area contributed by atoms with Crippen LogP contribution in [0.1, 0.15) is 5.56 Å². The Labute approximate surface area is 236 Å². The molecule has 0 saturated carbocycles. The number of allylic oxidation sites excluding steroid dienone is 2. The SMILES string of the molecule is C=C/C=c1\c(=C)c2cc3cc4c5ccccc5c5ccccc5n4c3cc2n1/C(=C/Cc1cccc(Cl)c1)N=C. The van der Waals surface area contributed by atoms with E-state index in [2.05, 4.69) is 113 Å². The van der Waals surface area contributed by atoms with Crippen molar-refractivity contribution in [3.8, 4) is 0 Å². The predicted molar refractivity (Wildman–Crippen MR) is 174 cm³/mol. The van der Waals surface area contributed by atoms with Gasteiger partial charge in [-0.25, -0.2) is 4.99 Å². The summed E-state index contributed by atoms with van der Waals surface area (Å²) in [6.45, 7) is 12.4. The topological polar surface area (TPSA) is 21.7 Å². The fraction of sp³-hybridized carbons (Fsp3) is 0.0278. The minimum Gasteiger partial charge on any atom is -0.309 e. The van der Waals surface area contributed by atoms with Crippen molar-refractivity contribution in [3.63, 3.8) is 0 Å². The molecule has 7 aromatic rings. The van der Waals surface area contributed by atoms with Crippen molar-refractivity contribution in [2.24, 2.45) is 4.99 Å². The van der Waals surface area contributed by atoms with Crippen molar-refractivity contribution in [3.05, 3.63) is 131 Å². The second kappa shape index (κ2) is 9.41. The maximum absolute atomic E-state index is 6.24. The molecule has 0 amide bonds. The van der Waals surface area contributed by atoms with Crippen LogP contribution in [0.5, 0.6) is 0 Å². The van der Waals surface area contributed by atoms with E-state index in [-0.39, 0.29) is 0 Å². The Morgan fingerprint density at radius 2 is 1.52 bits per heavy atom. The molecule has 4 heteroatoms. The van der Waals surface area contributed by atoms with Crippen LogP contribution < -0.4 is 10.6 Å². The highest BCUT2D eigenvalue weighted by atomic mass is 35.5. The van der Waals surface area contributed by atoms with Gasteiger partial charge in [-0.2, -0.15) is 0 Å². The highest BCUT2D eigenvalue weighted by molar-refractivity contribution is 6.30. The lowest BCUT2D eigenvalue weighted by Gasteiger charge is -2.11. The highest BCUT2D eigenvalue weighted by Gasteiger charge is 2.16. The van der Waals surface area contributed by atoms with Gasteiger partial charge in [0.1, 0.15) is 5.82 Å². The molecule has 0 fully saturated rings. The van der Waals surface area contributed by atoms with Crippen LogP contribution in [-0.2, 0) is 6.42 Å². The Morgan fingerprint density at radius 3 is 2.27 bits per heavy atom. The number of halogens is 1. The van der Waals surface area contributed by atoms with Crippen molar-refractivity contribution in [1.29, 1.82) is 0 Å². The summed E-state index contributed by atoms with van der Waals surface area (Å²) in [7, 11) is 0. The van der Waals surface area contributed by atoms with Crippen LogP contribution in [0.3, 0.4) is 0 Å². The van der Waals surface area contributed by atoms with Gasteiger partial charge in [0.2, 0.25) is 0 Å². The fourth-order valence-corrected chi connectivity index (χ4v) is 6.22. The van der Waals surface area contributed by atoms with Crippen molar-refractivity contribution in [2.45, 2.75) is 6.42 Å². The Kier molecular flexibility index (Phi) is 5.69. The summed E-state index contributed by atoms with van der Waals surface area (Å²) in [4.78, 5) is 4.48. The van der Waals surface area contributed by atoms with Gasteiger partial charge in [0.25, 0.3) is 0 Å². The van der Waals surface area contributed by atoms with Gasteiger partial charge in [-0.05, 0) is 72.6 Å². The second-order valence-electron chi connectivity index (χ2n) is 10.0. The normalized spacial score (nSPS) is 12.8. The summed E-state index contributed by atoms with van der Waals surface area (Å²) in [6.07, 6.45) is 6.53. The molecule has 0 saturated heterocycles. The molecule has 7 rings (SSSR count). The van der Waals surface area contributed by atoms with Gasteiger partial charge in [-0.1, -0.05) is 85.4 Å². The molecule has 40 heavy (non-hydrogen) atoms. The van der Waals surface area contributed by atoms with Gasteiger partial charge in [-0.15, -0.1) is 0 Å². The summed E-state index contributed by atoms with van der Waals surface area (Å²) < 4.78 is 4.51. The minimum atomic E-state index is 0.668. The molecule has 0 N–H and O–H groups in total. The van der Waals surface area contributed by atoms with Crippen LogP contribution in [0, 0.1) is 0 Å². The molecule has 0 aliphatic carbocycles. The largest absolute Gasteiger partial charge is 0.309 e. The number of pyridine rings is 1.